The first-order chi connectivity index (χ1) is 10.6. The van der Waals surface area contributed by atoms with E-state index in [1.165, 1.54) is 20.3 Å². The average molecular weight is 321 g/mol. The van der Waals surface area contributed by atoms with E-state index in [0.29, 0.717) is 22.1 Å². The smallest absolute Gasteiger partial charge is 0.269 e. The Morgan fingerprint density at radius 1 is 1.14 bits per heavy atom. The van der Waals surface area contributed by atoms with Gasteiger partial charge in [0.25, 0.3) is 5.91 Å². The number of methoxy groups -OCH3 is 2. The van der Waals surface area contributed by atoms with Crippen LogP contribution in [0.15, 0.2) is 42.5 Å². The lowest BCUT2D eigenvalue weighted by Crippen LogP contribution is -2.39. The summed E-state index contributed by atoms with van der Waals surface area (Å²) in [6.07, 6.45) is 0. The Labute approximate surface area is 134 Å². The van der Waals surface area contributed by atoms with E-state index in [-0.39, 0.29) is 5.91 Å². The first-order valence-corrected chi connectivity index (χ1v) is 6.96. The van der Waals surface area contributed by atoms with Gasteiger partial charge in [-0.1, -0.05) is 29.8 Å². The van der Waals surface area contributed by atoms with Crippen molar-refractivity contribution in [2.75, 3.05) is 26.3 Å². The van der Waals surface area contributed by atoms with E-state index in [1.54, 1.807) is 18.1 Å². The molecule has 2 aromatic carbocycles. The Kier molecular flexibility index (Phi) is 5.12. The van der Waals surface area contributed by atoms with Gasteiger partial charge in [0.05, 0.1) is 24.9 Å². The van der Waals surface area contributed by atoms with Crippen molar-refractivity contribution >= 4 is 23.2 Å². The molecule has 0 unspecified atom stereocenters. The summed E-state index contributed by atoms with van der Waals surface area (Å²) in [7, 11) is 4.74. The van der Waals surface area contributed by atoms with Crippen LogP contribution in [-0.2, 0) is 0 Å². The van der Waals surface area contributed by atoms with Gasteiger partial charge in [-0.05, 0) is 24.3 Å². The fourth-order valence-corrected chi connectivity index (χ4v) is 2.27. The maximum absolute atomic E-state index is 12.3. The minimum atomic E-state index is -0.297. The molecule has 1 N–H and O–H groups in total. The molecule has 2 aromatic rings. The Hall–Kier alpha value is -2.40. The SMILES string of the molecule is COc1cc(C(=O)NN(C)c2ccccc2)cc(Cl)c1OC. The summed E-state index contributed by atoms with van der Waals surface area (Å²) < 4.78 is 10.3. The second kappa shape index (κ2) is 7.04. The molecule has 0 saturated heterocycles. The number of amides is 1. The van der Waals surface area contributed by atoms with Crippen molar-refractivity contribution in [3.63, 3.8) is 0 Å². The van der Waals surface area contributed by atoms with Crippen molar-refractivity contribution in [3.8, 4) is 11.5 Å². The number of halogens is 1. The van der Waals surface area contributed by atoms with Crippen LogP contribution in [0, 0.1) is 0 Å². The van der Waals surface area contributed by atoms with Crippen LogP contribution in [0.5, 0.6) is 11.5 Å². The quantitative estimate of drug-likeness (QED) is 0.860. The van der Waals surface area contributed by atoms with Gasteiger partial charge >= 0.3 is 0 Å². The van der Waals surface area contributed by atoms with Gasteiger partial charge in [-0.2, -0.15) is 0 Å². The molecule has 0 aliphatic carbocycles. The van der Waals surface area contributed by atoms with Crippen LogP contribution in [0.1, 0.15) is 10.4 Å². The number of anilines is 1. The summed E-state index contributed by atoms with van der Waals surface area (Å²) in [6, 6.07) is 12.6. The Balaban J connectivity index is 2.21. The molecule has 0 aliphatic heterocycles. The van der Waals surface area contributed by atoms with Crippen molar-refractivity contribution in [1.29, 1.82) is 0 Å². The molecule has 0 spiro atoms. The van der Waals surface area contributed by atoms with Crippen molar-refractivity contribution in [1.82, 2.24) is 5.43 Å². The normalized spacial score (nSPS) is 10.0. The highest BCUT2D eigenvalue weighted by atomic mass is 35.5. The molecule has 0 heterocycles. The summed E-state index contributed by atoms with van der Waals surface area (Å²) in [5.41, 5.74) is 4.01. The molecular formula is C16H17ClN2O3. The fourth-order valence-electron chi connectivity index (χ4n) is 1.98. The number of benzene rings is 2. The van der Waals surface area contributed by atoms with Crippen LogP contribution in [-0.4, -0.2) is 27.2 Å². The number of carbonyl (C=O) groups excluding carboxylic acids is 1. The summed E-state index contributed by atoms with van der Waals surface area (Å²) >= 11 is 6.11. The molecule has 0 radical (unpaired) electrons. The van der Waals surface area contributed by atoms with Gasteiger partial charge in [-0.3, -0.25) is 15.2 Å². The molecule has 116 valence electrons. The van der Waals surface area contributed by atoms with Crippen molar-refractivity contribution < 1.29 is 14.3 Å². The van der Waals surface area contributed by atoms with Crippen LogP contribution in [0.4, 0.5) is 5.69 Å². The molecule has 0 atom stereocenters. The predicted octanol–water partition coefficient (Wildman–Crippen LogP) is 3.14. The lowest BCUT2D eigenvalue weighted by Gasteiger charge is -2.20. The summed E-state index contributed by atoms with van der Waals surface area (Å²) in [5.74, 6) is 0.508. The zero-order chi connectivity index (χ0) is 16.1. The van der Waals surface area contributed by atoms with Crippen LogP contribution >= 0.6 is 11.6 Å². The lowest BCUT2D eigenvalue weighted by atomic mass is 10.2. The van der Waals surface area contributed by atoms with Gasteiger partial charge in [-0.25, -0.2) is 0 Å². The Bertz CT molecular complexity index is 662. The van der Waals surface area contributed by atoms with Gasteiger partial charge in [0.2, 0.25) is 0 Å². The van der Waals surface area contributed by atoms with E-state index in [0.717, 1.165) is 5.69 Å². The third-order valence-electron chi connectivity index (χ3n) is 3.11. The maximum atomic E-state index is 12.3. The molecule has 1 amide bonds. The minimum absolute atomic E-state index is 0.297. The molecule has 6 heteroatoms. The number of nitrogens with zero attached hydrogens (tertiary/aromatic N) is 1. The van der Waals surface area contributed by atoms with Crippen LogP contribution in [0.25, 0.3) is 0 Å². The fraction of sp³-hybridized carbons (Fsp3) is 0.188. The summed E-state index contributed by atoms with van der Waals surface area (Å²) in [5, 5.41) is 1.95. The molecule has 22 heavy (non-hydrogen) atoms. The van der Waals surface area contributed by atoms with E-state index in [9.17, 15) is 4.79 Å². The van der Waals surface area contributed by atoms with E-state index in [2.05, 4.69) is 5.43 Å². The molecular weight excluding hydrogens is 304 g/mol. The van der Waals surface area contributed by atoms with Crippen molar-refractivity contribution in [3.05, 3.63) is 53.1 Å². The summed E-state index contributed by atoms with van der Waals surface area (Å²) in [4.78, 5) is 12.3. The van der Waals surface area contributed by atoms with Gasteiger partial charge < -0.3 is 9.47 Å². The molecule has 0 aliphatic rings. The Morgan fingerprint density at radius 2 is 1.82 bits per heavy atom. The van der Waals surface area contributed by atoms with Gasteiger partial charge in [0, 0.05) is 12.6 Å². The molecule has 0 saturated carbocycles. The standard InChI is InChI=1S/C16H17ClN2O3/c1-19(12-7-5-4-6-8-12)18-16(20)11-9-13(17)15(22-3)14(10-11)21-2/h4-10H,1-3H3,(H,18,20). The van der Waals surface area contributed by atoms with E-state index < -0.39 is 0 Å². The van der Waals surface area contributed by atoms with Crippen molar-refractivity contribution in [2.45, 2.75) is 0 Å². The first kappa shape index (κ1) is 16.0. The zero-order valence-corrected chi connectivity index (χ0v) is 13.3. The van der Waals surface area contributed by atoms with Crippen LogP contribution in [0.3, 0.4) is 0 Å². The van der Waals surface area contributed by atoms with Crippen LogP contribution < -0.4 is 19.9 Å². The molecule has 5 nitrogen and oxygen atoms in total. The van der Waals surface area contributed by atoms with E-state index >= 15 is 0 Å². The number of nitrogens with one attached hydrogen (secondary N) is 1. The largest absolute Gasteiger partial charge is 0.493 e. The first-order valence-electron chi connectivity index (χ1n) is 6.58. The number of hydrogen-bond acceptors (Lipinski definition) is 4. The summed E-state index contributed by atoms with van der Waals surface area (Å²) in [6.45, 7) is 0. The average Bonchev–Trinajstić information content (AvgIpc) is 2.54. The monoisotopic (exact) mass is 320 g/mol. The third-order valence-corrected chi connectivity index (χ3v) is 3.39. The number of rotatable bonds is 5. The highest BCUT2D eigenvalue weighted by molar-refractivity contribution is 6.32. The van der Waals surface area contributed by atoms with E-state index in [1.807, 2.05) is 30.3 Å². The zero-order valence-electron chi connectivity index (χ0n) is 12.6. The van der Waals surface area contributed by atoms with Gasteiger partial charge in [0.1, 0.15) is 0 Å². The number of hydrogen-bond donors (Lipinski definition) is 1. The third kappa shape index (κ3) is 3.43. The second-order valence-electron chi connectivity index (χ2n) is 4.53. The molecule has 0 aromatic heterocycles. The van der Waals surface area contributed by atoms with Gasteiger partial charge in [-0.15, -0.1) is 0 Å². The molecule has 2 rings (SSSR count). The number of carbonyl (C=O) groups is 1. The minimum Gasteiger partial charge on any atom is -0.493 e. The lowest BCUT2D eigenvalue weighted by molar-refractivity contribution is 0.0951. The molecule has 0 fully saturated rings. The Morgan fingerprint density at radius 3 is 2.41 bits per heavy atom. The topological polar surface area (TPSA) is 50.8 Å². The number of ether oxygens (including phenoxy) is 2. The van der Waals surface area contributed by atoms with Crippen molar-refractivity contribution in [2.24, 2.45) is 0 Å². The second-order valence-corrected chi connectivity index (χ2v) is 4.94. The van der Waals surface area contributed by atoms with Crippen LogP contribution in [0.2, 0.25) is 5.02 Å². The highest BCUT2D eigenvalue weighted by Gasteiger charge is 2.16. The highest BCUT2D eigenvalue weighted by Crippen LogP contribution is 2.35. The number of hydrazine groups is 1. The predicted molar refractivity (Wildman–Crippen MR) is 86.9 cm³/mol. The number of para-hydroxylation sites is 1. The van der Waals surface area contributed by atoms with Gasteiger partial charge in [0.15, 0.2) is 11.5 Å². The van der Waals surface area contributed by atoms with E-state index in [4.69, 9.17) is 21.1 Å². The molecule has 0 bridgehead atoms. The maximum Gasteiger partial charge on any atom is 0.269 e.